The molecule has 7 heteroatoms. The number of sulfonamides is 1. The minimum Gasteiger partial charge on any atom is -0.339 e. The number of carbonyl (C=O) groups excluding carboxylic acids is 1. The van der Waals surface area contributed by atoms with Crippen molar-refractivity contribution in [1.82, 2.24) is 10.2 Å². The molecule has 0 aliphatic carbocycles. The number of carbonyl (C=O) groups is 1. The van der Waals surface area contributed by atoms with Gasteiger partial charge < -0.3 is 10.2 Å². The number of amides is 1. The molecule has 1 fully saturated rings. The maximum atomic E-state index is 13.1. The van der Waals surface area contributed by atoms with Crippen LogP contribution in [0, 0.1) is 0 Å². The number of hydrogen-bond acceptors (Lipinski definition) is 4. The third-order valence-electron chi connectivity index (χ3n) is 6.69. The summed E-state index contributed by atoms with van der Waals surface area (Å²) < 4.78 is 29.1. The van der Waals surface area contributed by atoms with E-state index in [4.69, 9.17) is 0 Å². The van der Waals surface area contributed by atoms with Crippen LogP contribution in [-0.4, -0.2) is 45.4 Å². The second-order valence-electron chi connectivity index (χ2n) is 9.18. The first-order valence-electron chi connectivity index (χ1n) is 12.9. The zero-order valence-corrected chi connectivity index (χ0v) is 22.4. The fraction of sp³-hybridized carbons (Fsp3) is 0.300. The standard InChI is InChI=1S/C30H35N3O3S/c1-3-33(4-2)30(34)26-16-14-24(15-17-26)29(25-18-20-31-21-19-25)27-12-8-9-13-28(27)32-37(35,36)22-23-10-6-5-7-11-23/h5-17,31-32H,3-4,18-22H2,1-2H3. The summed E-state index contributed by atoms with van der Waals surface area (Å²) in [6.45, 7) is 7.03. The number of nitrogens with one attached hydrogen (secondary N) is 2. The lowest BCUT2D eigenvalue weighted by atomic mass is 9.87. The predicted molar refractivity (Wildman–Crippen MR) is 151 cm³/mol. The van der Waals surface area contributed by atoms with Crippen LogP contribution in [0.2, 0.25) is 0 Å². The first-order valence-corrected chi connectivity index (χ1v) is 14.5. The highest BCUT2D eigenvalue weighted by atomic mass is 32.2. The van der Waals surface area contributed by atoms with E-state index in [0.29, 0.717) is 24.3 Å². The third-order valence-corrected chi connectivity index (χ3v) is 7.94. The number of rotatable bonds is 9. The van der Waals surface area contributed by atoms with E-state index in [1.165, 1.54) is 5.57 Å². The van der Waals surface area contributed by atoms with Crippen molar-refractivity contribution in [2.45, 2.75) is 32.4 Å². The normalized spacial score (nSPS) is 13.7. The van der Waals surface area contributed by atoms with Gasteiger partial charge in [0, 0.05) is 24.2 Å². The molecule has 3 aromatic carbocycles. The van der Waals surface area contributed by atoms with Gasteiger partial charge in [0.15, 0.2) is 0 Å². The highest BCUT2D eigenvalue weighted by Gasteiger charge is 2.21. The highest BCUT2D eigenvalue weighted by molar-refractivity contribution is 7.91. The largest absolute Gasteiger partial charge is 0.339 e. The van der Waals surface area contributed by atoms with Crippen molar-refractivity contribution in [3.63, 3.8) is 0 Å². The molecule has 1 aliphatic heterocycles. The second-order valence-corrected chi connectivity index (χ2v) is 10.9. The van der Waals surface area contributed by atoms with E-state index in [2.05, 4.69) is 10.0 Å². The smallest absolute Gasteiger partial charge is 0.253 e. The first kappa shape index (κ1) is 26.6. The second kappa shape index (κ2) is 12.2. The van der Waals surface area contributed by atoms with Crippen molar-refractivity contribution in [2.75, 3.05) is 30.9 Å². The number of benzene rings is 3. The molecule has 0 unspecified atom stereocenters. The molecule has 1 amide bonds. The molecule has 0 saturated carbocycles. The fourth-order valence-corrected chi connectivity index (χ4v) is 6.01. The summed E-state index contributed by atoms with van der Waals surface area (Å²) in [4.78, 5) is 14.7. The van der Waals surface area contributed by atoms with Crippen LogP contribution in [0.3, 0.4) is 0 Å². The Labute approximate surface area is 220 Å². The lowest BCUT2D eigenvalue weighted by Gasteiger charge is -2.23. The third kappa shape index (κ3) is 6.67. The average molecular weight is 518 g/mol. The minimum atomic E-state index is -3.63. The molecule has 1 heterocycles. The first-order chi connectivity index (χ1) is 17.9. The number of para-hydroxylation sites is 1. The molecule has 2 N–H and O–H groups in total. The van der Waals surface area contributed by atoms with E-state index < -0.39 is 10.0 Å². The van der Waals surface area contributed by atoms with Gasteiger partial charge in [-0.2, -0.15) is 0 Å². The highest BCUT2D eigenvalue weighted by Crippen LogP contribution is 2.36. The van der Waals surface area contributed by atoms with E-state index in [0.717, 1.165) is 48.2 Å². The van der Waals surface area contributed by atoms with Crippen LogP contribution in [0.1, 0.15) is 53.7 Å². The zero-order chi connectivity index (χ0) is 26.3. The molecule has 4 rings (SSSR count). The number of piperidine rings is 1. The van der Waals surface area contributed by atoms with Crippen LogP contribution >= 0.6 is 0 Å². The van der Waals surface area contributed by atoms with Crippen molar-refractivity contribution >= 4 is 27.2 Å². The molecule has 0 radical (unpaired) electrons. The topological polar surface area (TPSA) is 78.5 Å². The van der Waals surface area contributed by atoms with Gasteiger partial charge in [-0.25, -0.2) is 8.42 Å². The van der Waals surface area contributed by atoms with Gasteiger partial charge in [-0.15, -0.1) is 0 Å². The van der Waals surface area contributed by atoms with Crippen LogP contribution in [0.25, 0.3) is 5.57 Å². The van der Waals surface area contributed by atoms with Crippen molar-refractivity contribution in [2.24, 2.45) is 0 Å². The van der Waals surface area contributed by atoms with E-state index >= 15 is 0 Å². The Balaban J connectivity index is 1.72. The molecule has 194 valence electrons. The van der Waals surface area contributed by atoms with Crippen molar-refractivity contribution in [1.29, 1.82) is 0 Å². The van der Waals surface area contributed by atoms with Crippen molar-refractivity contribution < 1.29 is 13.2 Å². The van der Waals surface area contributed by atoms with Gasteiger partial charge in [0.1, 0.15) is 0 Å². The zero-order valence-electron chi connectivity index (χ0n) is 21.5. The van der Waals surface area contributed by atoms with E-state index in [-0.39, 0.29) is 11.7 Å². The van der Waals surface area contributed by atoms with E-state index in [9.17, 15) is 13.2 Å². The summed E-state index contributed by atoms with van der Waals surface area (Å²) in [5.74, 6) is -0.0816. The van der Waals surface area contributed by atoms with Gasteiger partial charge in [0.05, 0.1) is 11.4 Å². The minimum absolute atomic E-state index is 0.0155. The molecule has 1 aliphatic rings. The number of anilines is 1. The van der Waals surface area contributed by atoms with Crippen LogP contribution in [0.4, 0.5) is 5.69 Å². The van der Waals surface area contributed by atoms with Gasteiger partial charge in [0.25, 0.3) is 5.91 Å². The van der Waals surface area contributed by atoms with Crippen LogP contribution in [0.15, 0.2) is 84.4 Å². The van der Waals surface area contributed by atoms with Crippen LogP contribution in [0.5, 0.6) is 0 Å². The fourth-order valence-electron chi connectivity index (χ4n) is 4.79. The van der Waals surface area contributed by atoms with Crippen molar-refractivity contribution in [3.05, 3.63) is 107 Å². The van der Waals surface area contributed by atoms with Gasteiger partial charge in [0.2, 0.25) is 10.0 Å². The lowest BCUT2D eigenvalue weighted by Crippen LogP contribution is -2.30. The SMILES string of the molecule is CCN(CC)C(=O)c1ccc(C(=C2CCNCC2)c2ccccc2NS(=O)(=O)Cc2ccccc2)cc1. The molecule has 0 spiro atoms. The van der Waals surface area contributed by atoms with Gasteiger partial charge in [-0.3, -0.25) is 9.52 Å². The molecule has 3 aromatic rings. The molecule has 37 heavy (non-hydrogen) atoms. The molecule has 0 aromatic heterocycles. The monoisotopic (exact) mass is 517 g/mol. The molecule has 0 bridgehead atoms. The van der Waals surface area contributed by atoms with Gasteiger partial charge >= 0.3 is 0 Å². The summed E-state index contributed by atoms with van der Waals surface area (Å²) in [5, 5.41) is 3.41. The van der Waals surface area contributed by atoms with E-state index in [1.54, 1.807) is 4.90 Å². The summed E-state index contributed by atoms with van der Waals surface area (Å²) >= 11 is 0. The summed E-state index contributed by atoms with van der Waals surface area (Å²) in [6, 6.07) is 24.5. The maximum absolute atomic E-state index is 13.1. The predicted octanol–water partition coefficient (Wildman–Crippen LogP) is 5.30. The Morgan fingerprint density at radius 3 is 2.08 bits per heavy atom. The van der Waals surface area contributed by atoms with Gasteiger partial charge in [-0.1, -0.05) is 66.2 Å². The Morgan fingerprint density at radius 1 is 0.838 bits per heavy atom. The molecular formula is C30H35N3O3S. The lowest BCUT2D eigenvalue weighted by molar-refractivity contribution is 0.0773. The Morgan fingerprint density at radius 2 is 1.43 bits per heavy atom. The maximum Gasteiger partial charge on any atom is 0.253 e. The average Bonchev–Trinajstić information content (AvgIpc) is 2.91. The molecular weight excluding hydrogens is 482 g/mol. The molecule has 1 saturated heterocycles. The number of hydrogen-bond donors (Lipinski definition) is 2. The Kier molecular flexibility index (Phi) is 8.79. The number of nitrogens with zero attached hydrogens (tertiary/aromatic N) is 1. The molecule has 6 nitrogen and oxygen atoms in total. The van der Waals surface area contributed by atoms with Crippen molar-refractivity contribution in [3.8, 4) is 0 Å². The summed E-state index contributed by atoms with van der Waals surface area (Å²) in [7, 11) is -3.63. The quantitative estimate of drug-likeness (QED) is 0.404. The van der Waals surface area contributed by atoms with E-state index in [1.807, 2.05) is 92.7 Å². The molecule has 0 atom stereocenters. The van der Waals surface area contributed by atoms with Crippen LogP contribution in [-0.2, 0) is 15.8 Å². The van der Waals surface area contributed by atoms with Gasteiger partial charge in [-0.05, 0) is 74.7 Å². The Bertz CT molecular complexity index is 1340. The summed E-state index contributed by atoms with van der Waals surface area (Å²) in [6.07, 6.45) is 1.75. The van der Waals surface area contributed by atoms with Crippen LogP contribution < -0.4 is 10.0 Å². The summed E-state index contributed by atoms with van der Waals surface area (Å²) in [5.41, 5.74) is 6.07. The Hall–Kier alpha value is -3.42.